The first kappa shape index (κ1) is 14.8. The summed E-state index contributed by atoms with van der Waals surface area (Å²) in [4.78, 5) is 27.0. The predicted molar refractivity (Wildman–Crippen MR) is 91.7 cm³/mol. The van der Waals surface area contributed by atoms with E-state index >= 15 is 0 Å². The summed E-state index contributed by atoms with van der Waals surface area (Å²) in [5.74, 6) is -0.467. The molecule has 110 valence electrons. The molecule has 2 N–H and O–H groups in total. The smallest absolute Gasteiger partial charge is 0.261 e. The fourth-order valence-electron chi connectivity index (χ4n) is 2.08. The second kappa shape index (κ2) is 5.94. The van der Waals surface area contributed by atoms with E-state index in [9.17, 15) is 9.59 Å². The summed E-state index contributed by atoms with van der Waals surface area (Å²) in [6.07, 6.45) is 0. The van der Waals surface area contributed by atoms with Gasteiger partial charge in [-0.25, -0.2) is 0 Å². The van der Waals surface area contributed by atoms with E-state index in [0.29, 0.717) is 21.6 Å². The molecule has 6 heteroatoms. The van der Waals surface area contributed by atoms with Gasteiger partial charge < -0.3 is 10.3 Å². The molecule has 0 spiro atoms. The summed E-state index contributed by atoms with van der Waals surface area (Å²) in [5, 5.41) is 3.94. The van der Waals surface area contributed by atoms with Crippen LogP contribution in [-0.4, -0.2) is 10.9 Å². The van der Waals surface area contributed by atoms with Crippen molar-refractivity contribution >= 4 is 50.0 Å². The quantitative estimate of drug-likeness (QED) is 0.703. The molecule has 1 amide bonds. The minimum absolute atomic E-state index is 0.0395. The van der Waals surface area contributed by atoms with Crippen molar-refractivity contribution in [3.63, 3.8) is 0 Å². The van der Waals surface area contributed by atoms with Crippen LogP contribution in [0.1, 0.15) is 10.4 Å². The van der Waals surface area contributed by atoms with Gasteiger partial charge in [-0.15, -0.1) is 0 Å². The molecule has 3 aromatic rings. The van der Waals surface area contributed by atoms with Crippen LogP contribution in [0.2, 0.25) is 5.02 Å². The van der Waals surface area contributed by atoms with Crippen LogP contribution in [0.3, 0.4) is 0 Å². The lowest BCUT2D eigenvalue weighted by Crippen LogP contribution is -2.23. The fraction of sp³-hybridized carbons (Fsp3) is 0. The number of pyridine rings is 1. The molecule has 0 unspecified atom stereocenters. The van der Waals surface area contributed by atoms with Gasteiger partial charge in [-0.1, -0.05) is 27.5 Å². The Morgan fingerprint density at radius 3 is 2.55 bits per heavy atom. The minimum atomic E-state index is -0.467. The van der Waals surface area contributed by atoms with Gasteiger partial charge in [0.25, 0.3) is 11.5 Å². The molecule has 1 heterocycles. The van der Waals surface area contributed by atoms with Crippen LogP contribution in [-0.2, 0) is 0 Å². The van der Waals surface area contributed by atoms with E-state index in [2.05, 4.69) is 26.2 Å². The van der Waals surface area contributed by atoms with E-state index in [1.807, 2.05) is 0 Å². The molecule has 2 aromatic carbocycles. The Kier molecular flexibility index (Phi) is 4.00. The first-order chi connectivity index (χ1) is 10.5. The Balaban J connectivity index is 1.98. The minimum Gasteiger partial charge on any atom is -0.322 e. The van der Waals surface area contributed by atoms with Gasteiger partial charge in [-0.3, -0.25) is 9.59 Å². The normalized spacial score (nSPS) is 10.6. The van der Waals surface area contributed by atoms with Crippen molar-refractivity contribution in [1.29, 1.82) is 0 Å². The second-order valence-electron chi connectivity index (χ2n) is 4.70. The zero-order chi connectivity index (χ0) is 15.7. The number of hydrogen-bond donors (Lipinski definition) is 2. The number of rotatable bonds is 2. The number of benzene rings is 2. The standard InChI is InChI=1S/C16H10BrClN2O2/c17-10-1-4-12(5-2-10)19-15(21)13-8-9-7-11(18)3-6-14(9)20-16(13)22/h1-8H,(H,19,21)(H,20,22). The number of hydrogen-bond acceptors (Lipinski definition) is 2. The second-order valence-corrected chi connectivity index (χ2v) is 6.06. The van der Waals surface area contributed by atoms with Gasteiger partial charge in [0.05, 0.1) is 0 Å². The van der Waals surface area contributed by atoms with E-state index in [-0.39, 0.29) is 5.56 Å². The van der Waals surface area contributed by atoms with Crippen LogP contribution in [0.25, 0.3) is 10.9 Å². The third-order valence-corrected chi connectivity index (χ3v) is 3.92. The predicted octanol–water partition coefficient (Wildman–Crippen LogP) is 4.20. The summed E-state index contributed by atoms with van der Waals surface area (Å²) < 4.78 is 0.906. The lowest BCUT2D eigenvalue weighted by atomic mass is 10.1. The molecule has 0 atom stereocenters. The van der Waals surface area contributed by atoms with Crippen molar-refractivity contribution in [1.82, 2.24) is 4.98 Å². The molecule has 1 aromatic heterocycles. The number of halogens is 2. The van der Waals surface area contributed by atoms with E-state index in [0.717, 1.165) is 4.47 Å². The van der Waals surface area contributed by atoms with Crippen molar-refractivity contribution in [2.45, 2.75) is 0 Å². The molecule has 4 nitrogen and oxygen atoms in total. The van der Waals surface area contributed by atoms with Crippen LogP contribution in [0.4, 0.5) is 5.69 Å². The number of aromatic amines is 1. The first-order valence-corrected chi connectivity index (χ1v) is 7.59. The molecule has 0 aliphatic carbocycles. The summed E-state index contributed by atoms with van der Waals surface area (Å²) >= 11 is 9.26. The van der Waals surface area contributed by atoms with E-state index in [1.54, 1.807) is 42.5 Å². The lowest BCUT2D eigenvalue weighted by molar-refractivity contribution is 0.102. The maximum absolute atomic E-state index is 12.3. The zero-order valence-corrected chi connectivity index (χ0v) is 13.5. The highest BCUT2D eigenvalue weighted by Gasteiger charge is 2.12. The number of amides is 1. The van der Waals surface area contributed by atoms with Gasteiger partial charge in [0.1, 0.15) is 5.56 Å². The molecule has 0 radical (unpaired) electrons. The Morgan fingerprint density at radius 2 is 1.82 bits per heavy atom. The van der Waals surface area contributed by atoms with Crippen LogP contribution < -0.4 is 10.9 Å². The maximum Gasteiger partial charge on any atom is 0.261 e. The average Bonchev–Trinajstić information content (AvgIpc) is 2.49. The first-order valence-electron chi connectivity index (χ1n) is 6.42. The van der Waals surface area contributed by atoms with Crippen molar-refractivity contribution in [3.8, 4) is 0 Å². The van der Waals surface area contributed by atoms with Crippen LogP contribution >= 0.6 is 27.5 Å². The number of carbonyl (C=O) groups excluding carboxylic acids is 1. The van der Waals surface area contributed by atoms with Gasteiger partial charge >= 0.3 is 0 Å². The van der Waals surface area contributed by atoms with Gasteiger partial charge in [-0.2, -0.15) is 0 Å². The summed E-state index contributed by atoms with van der Waals surface area (Å²) in [7, 11) is 0. The highest BCUT2D eigenvalue weighted by molar-refractivity contribution is 9.10. The van der Waals surface area contributed by atoms with Crippen molar-refractivity contribution in [2.24, 2.45) is 0 Å². The molecule has 3 rings (SSSR count). The lowest BCUT2D eigenvalue weighted by Gasteiger charge is -2.06. The van der Waals surface area contributed by atoms with Crippen LogP contribution in [0.5, 0.6) is 0 Å². The Morgan fingerprint density at radius 1 is 1.09 bits per heavy atom. The number of H-pyrrole nitrogens is 1. The Hall–Kier alpha value is -2.11. The molecule has 22 heavy (non-hydrogen) atoms. The van der Waals surface area contributed by atoms with Gasteiger partial charge in [-0.05, 0) is 48.5 Å². The molecule has 0 saturated heterocycles. The highest BCUT2D eigenvalue weighted by atomic mass is 79.9. The molecule has 0 saturated carbocycles. The number of aromatic nitrogens is 1. The number of nitrogens with one attached hydrogen (secondary N) is 2. The molecule has 0 aliphatic rings. The van der Waals surface area contributed by atoms with Crippen molar-refractivity contribution < 1.29 is 4.79 Å². The maximum atomic E-state index is 12.3. The monoisotopic (exact) mass is 376 g/mol. The third-order valence-electron chi connectivity index (χ3n) is 3.15. The highest BCUT2D eigenvalue weighted by Crippen LogP contribution is 2.18. The molecule has 0 fully saturated rings. The van der Waals surface area contributed by atoms with Crippen LogP contribution in [0.15, 0.2) is 57.8 Å². The van der Waals surface area contributed by atoms with Gasteiger partial charge in [0, 0.05) is 26.1 Å². The topological polar surface area (TPSA) is 62.0 Å². The summed E-state index contributed by atoms with van der Waals surface area (Å²) in [6.45, 7) is 0. The molecular weight excluding hydrogens is 368 g/mol. The fourth-order valence-corrected chi connectivity index (χ4v) is 2.52. The largest absolute Gasteiger partial charge is 0.322 e. The van der Waals surface area contributed by atoms with Crippen molar-refractivity contribution in [3.05, 3.63) is 73.9 Å². The average molecular weight is 378 g/mol. The number of anilines is 1. The van der Waals surface area contributed by atoms with Gasteiger partial charge in [0.2, 0.25) is 0 Å². The Labute approximate surface area is 139 Å². The van der Waals surface area contributed by atoms with Crippen molar-refractivity contribution in [2.75, 3.05) is 5.32 Å². The van der Waals surface area contributed by atoms with Crippen LogP contribution in [0, 0.1) is 0 Å². The zero-order valence-electron chi connectivity index (χ0n) is 11.2. The molecule has 0 bridgehead atoms. The molecule has 0 aliphatic heterocycles. The van der Waals surface area contributed by atoms with E-state index in [1.165, 1.54) is 6.07 Å². The van der Waals surface area contributed by atoms with E-state index < -0.39 is 11.5 Å². The van der Waals surface area contributed by atoms with Gasteiger partial charge in [0.15, 0.2) is 0 Å². The molecular formula is C16H10BrClN2O2. The van der Waals surface area contributed by atoms with E-state index in [4.69, 9.17) is 11.6 Å². The number of fused-ring (bicyclic) bond motifs is 1. The summed E-state index contributed by atoms with van der Waals surface area (Å²) in [6, 6.07) is 13.7. The summed E-state index contributed by atoms with van der Waals surface area (Å²) in [5.41, 5.74) is 0.843. The number of carbonyl (C=O) groups is 1. The third kappa shape index (κ3) is 3.05. The Bertz CT molecular complexity index is 920. The SMILES string of the molecule is O=C(Nc1ccc(Br)cc1)c1cc2cc(Cl)ccc2[nH]c1=O.